The molecule has 0 amide bonds. The number of hydrogen-bond acceptors (Lipinski definition) is 5. The van der Waals surface area contributed by atoms with Gasteiger partial charge in [0.1, 0.15) is 12.7 Å². The van der Waals surface area contributed by atoms with E-state index in [0.29, 0.717) is 0 Å². The first-order valence-corrected chi connectivity index (χ1v) is 6.01. The van der Waals surface area contributed by atoms with Gasteiger partial charge in [0.25, 0.3) is 0 Å². The van der Waals surface area contributed by atoms with Crippen molar-refractivity contribution in [2.75, 3.05) is 6.61 Å². The third-order valence-electron chi connectivity index (χ3n) is 2.41. The molecule has 0 saturated carbocycles. The summed E-state index contributed by atoms with van der Waals surface area (Å²) in [5, 5.41) is 10.9. The Balaban J connectivity index is 2.71. The smallest absolute Gasteiger partial charge is 0.311 e. The minimum absolute atomic E-state index is 0.0672. The average molecular weight is 267 g/mol. The number of aryl methyl sites for hydroxylation is 1. The molecule has 0 aromatic heterocycles. The van der Waals surface area contributed by atoms with Gasteiger partial charge in [0.05, 0.1) is 4.92 Å². The molecule has 1 unspecified atom stereocenters. The molecule has 19 heavy (non-hydrogen) atoms. The van der Waals surface area contributed by atoms with E-state index in [2.05, 4.69) is 0 Å². The van der Waals surface area contributed by atoms with E-state index in [0.717, 1.165) is 5.56 Å². The molecule has 6 nitrogen and oxygen atoms in total. The zero-order valence-corrected chi connectivity index (χ0v) is 11.2. The molecule has 104 valence electrons. The van der Waals surface area contributed by atoms with Crippen molar-refractivity contribution in [3.05, 3.63) is 33.9 Å². The van der Waals surface area contributed by atoms with Gasteiger partial charge < -0.3 is 9.47 Å². The van der Waals surface area contributed by atoms with Crippen LogP contribution >= 0.6 is 0 Å². The van der Waals surface area contributed by atoms with E-state index in [1.165, 1.54) is 6.07 Å². The standard InChI is InChI=1S/C13H17NO5/c1-4-13(15)18-8-10(3)19-12-6-5-9(2)7-11(12)14(16)17/h5-7,10H,4,8H2,1-3H3. The molecule has 0 saturated heterocycles. The highest BCUT2D eigenvalue weighted by Crippen LogP contribution is 2.28. The first kappa shape index (κ1) is 14.9. The van der Waals surface area contributed by atoms with Crippen molar-refractivity contribution in [2.45, 2.75) is 33.3 Å². The maximum atomic E-state index is 11.0. The van der Waals surface area contributed by atoms with Crippen LogP contribution in [-0.2, 0) is 9.53 Å². The van der Waals surface area contributed by atoms with Crippen LogP contribution in [0.3, 0.4) is 0 Å². The van der Waals surface area contributed by atoms with Crippen molar-refractivity contribution >= 4 is 11.7 Å². The Morgan fingerprint density at radius 2 is 2.16 bits per heavy atom. The second-order valence-electron chi connectivity index (χ2n) is 4.19. The van der Waals surface area contributed by atoms with Gasteiger partial charge in [0.2, 0.25) is 0 Å². The fourth-order valence-corrected chi connectivity index (χ4v) is 1.43. The van der Waals surface area contributed by atoms with Crippen LogP contribution in [0.4, 0.5) is 5.69 Å². The van der Waals surface area contributed by atoms with Gasteiger partial charge in [-0.1, -0.05) is 13.0 Å². The molecule has 1 aromatic rings. The Morgan fingerprint density at radius 3 is 2.74 bits per heavy atom. The summed E-state index contributed by atoms with van der Waals surface area (Å²) < 4.78 is 10.4. The summed E-state index contributed by atoms with van der Waals surface area (Å²) in [4.78, 5) is 21.4. The minimum Gasteiger partial charge on any atom is -0.480 e. The number of nitro benzene ring substituents is 1. The second-order valence-corrected chi connectivity index (χ2v) is 4.19. The van der Waals surface area contributed by atoms with E-state index >= 15 is 0 Å². The summed E-state index contributed by atoms with van der Waals surface area (Å²) in [6.45, 7) is 5.21. The van der Waals surface area contributed by atoms with Crippen LogP contribution in [0.1, 0.15) is 25.8 Å². The van der Waals surface area contributed by atoms with Crippen LogP contribution in [0, 0.1) is 17.0 Å². The zero-order chi connectivity index (χ0) is 14.4. The molecule has 6 heteroatoms. The Kier molecular flexibility index (Phi) is 5.29. The van der Waals surface area contributed by atoms with Crippen LogP contribution in [0.5, 0.6) is 5.75 Å². The molecule has 0 aliphatic rings. The SMILES string of the molecule is CCC(=O)OCC(C)Oc1ccc(C)cc1[N+](=O)[O-]. The van der Waals surface area contributed by atoms with E-state index in [4.69, 9.17) is 9.47 Å². The molecular weight excluding hydrogens is 250 g/mol. The largest absolute Gasteiger partial charge is 0.480 e. The number of rotatable bonds is 6. The minimum atomic E-state index is -0.493. The van der Waals surface area contributed by atoms with Gasteiger partial charge in [-0.15, -0.1) is 0 Å². The summed E-state index contributed by atoms with van der Waals surface area (Å²) in [6, 6.07) is 4.72. The molecule has 1 aromatic carbocycles. The number of esters is 1. The predicted molar refractivity (Wildman–Crippen MR) is 69.2 cm³/mol. The monoisotopic (exact) mass is 267 g/mol. The molecule has 0 spiro atoms. The lowest BCUT2D eigenvalue weighted by atomic mass is 10.2. The number of nitro groups is 1. The number of ether oxygens (including phenoxy) is 2. The quantitative estimate of drug-likeness (QED) is 0.449. The Hall–Kier alpha value is -2.11. The highest BCUT2D eigenvalue weighted by Gasteiger charge is 2.18. The van der Waals surface area contributed by atoms with Crippen LogP contribution in [0.2, 0.25) is 0 Å². The van der Waals surface area contributed by atoms with Crippen molar-refractivity contribution in [2.24, 2.45) is 0 Å². The van der Waals surface area contributed by atoms with E-state index in [1.807, 2.05) is 0 Å². The molecule has 0 aliphatic carbocycles. The molecule has 1 rings (SSSR count). The number of carbonyl (C=O) groups excluding carboxylic acids is 1. The molecule has 0 N–H and O–H groups in total. The summed E-state index contributed by atoms with van der Waals surface area (Å²) in [6.07, 6.45) is -0.158. The fourth-order valence-electron chi connectivity index (χ4n) is 1.43. The highest BCUT2D eigenvalue weighted by atomic mass is 16.6. The van der Waals surface area contributed by atoms with Crippen molar-refractivity contribution in [1.29, 1.82) is 0 Å². The number of hydrogen-bond donors (Lipinski definition) is 0. The van der Waals surface area contributed by atoms with Gasteiger partial charge in [0, 0.05) is 12.5 Å². The van der Waals surface area contributed by atoms with Gasteiger partial charge in [-0.3, -0.25) is 14.9 Å². The summed E-state index contributed by atoms with van der Waals surface area (Å²) in [7, 11) is 0. The third-order valence-corrected chi connectivity index (χ3v) is 2.41. The lowest BCUT2D eigenvalue weighted by molar-refractivity contribution is -0.386. The van der Waals surface area contributed by atoms with Crippen molar-refractivity contribution < 1.29 is 19.2 Å². The van der Waals surface area contributed by atoms with Crippen molar-refractivity contribution in [3.8, 4) is 5.75 Å². The molecule has 0 fully saturated rings. The fraction of sp³-hybridized carbons (Fsp3) is 0.462. The normalized spacial score (nSPS) is 11.7. The zero-order valence-electron chi connectivity index (χ0n) is 11.2. The summed E-state index contributed by atoms with van der Waals surface area (Å²) in [5.74, 6) is -0.149. The van der Waals surface area contributed by atoms with Gasteiger partial charge in [-0.05, 0) is 25.5 Å². The lowest BCUT2D eigenvalue weighted by Gasteiger charge is -2.14. The predicted octanol–water partition coefficient (Wildman–Crippen LogP) is 2.62. The highest BCUT2D eigenvalue weighted by molar-refractivity contribution is 5.68. The van der Waals surface area contributed by atoms with E-state index in [9.17, 15) is 14.9 Å². The van der Waals surface area contributed by atoms with E-state index in [1.54, 1.807) is 32.9 Å². The van der Waals surface area contributed by atoms with Gasteiger partial charge in [-0.25, -0.2) is 0 Å². The first-order chi connectivity index (χ1) is 8.93. The van der Waals surface area contributed by atoms with E-state index < -0.39 is 11.0 Å². The molecule has 1 atom stereocenters. The number of nitrogens with zero attached hydrogens (tertiary/aromatic N) is 1. The van der Waals surface area contributed by atoms with Crippen LogP contribution in [0.25, 0.3) is 0 Å². The Bertz CT molecular complexity index is 472. The number of carbonyl (C=O) groups is 1. The molecule has 0 aliphatic heterocycles. The van der Waals surface area contributed by atoms with Crippen LogP contribution < -0.4 is 4.74 Å². The van der Waals surface area contributed by atoms with Crippen molar-refractivity contribution in [3.63, 3.8) is 0 Å². The number of benzene rings is 1. The summed E-state index contributed by atoms with van der Waals surface area (Å²) >= 11 is 0. The van der Waals surface area contributed by atoms with E-state index in [-0.39, 0.29) is 30.4 Å². The maximum absolute atomic E-state index is 11.0. The maximum Gasteiger partial charge on any atom is 0.311 e. The summed E-state index contributed by atoms with van der Waals surface area (Å²) in [5.41, 5.74) is 0.692. The average Bonchev–Trinajstić information content (AvgIpc) is 2.37. The van der Waals surface area contributed by atoms with Gasteiger partial charge in [0.15, 0.2) is 5.75 Å². The van der Waals surface area contributed by atoms with Gasteiger partial charge in [-0.2, -0.15) is 0 Å². The van der Waals surface area contributed by atoms with Crippen LogP contribution in [0.15, 0.2) is 18.2 Å². The van der Waals surface area contributed by atoms with Crippen molar-refractivity contribution in [1.82, 2.24) is 0 Å². The van der Waals surface area contributed by atoms with Gasteiger partial charge >= 0.3 is 11.7 Å². The third kappa shape index (κ3) is 4.57. The Morgan fingerprint density at radius 1 is 1.47 bits per heavy atom. The molecule has 0 radical (unpaired) electrons. The molecule has 0 bridgehead atoms. The topological polar surface area (TPSA) is 78.7 Å². The lowest BCUT2D eigenvalue weighted by Crippen LogP contribution is -2.21. The molecule has 0 heterocycles. The second kappa shape index (κ2) is 6.72. The van der Waals surface area contributed by atoms with Crippen LogP contribution in [-0.4, -0.2) is 23.6 Å². The molecular formula is C13H17NO5. The first-order valence-electron chi connectivity index (χ1n) is 6.01. The Labute approximate surface area is 111 Å².